The van der Waals surface area contributed by atoms with Crippen LogP contribution in [0.15, 0.2) is 76.8 Å². The van der Waals surface area contributed by atoms with Crippen molar-refractivity contribution >= 4 is 22.0 Å². The lowest BCUT2D eigenvalue weighted by Gasteiger charge is -2.28. The van der Waals surface area contributed by atoms with Crippen LogP contribution in [0.3, 0.4) is 0 Å². The minimum Gasteiger partial charge on any atom is -0.467 e. The Morgan fingerprint density at radius 1 is 1.00 bits per heavy atom. The zero-order valence-electron chi connectivity index (χ0n) is 19.7. The highest BCUT2D eigenvalue weighted by molar-refractivity contribution is 7.92. The molecule has 35 heavy (non-hydrogen) atoms. The summed E-state index contributed by atoms with van der Waals surface area (Å²) in [5.41, 5.74) is 1.59. The summed E-state index contributed by atoms with van der Waals surface area (Å²) < 4.78 is 43.7. The number of carbonyl (C=O) groups is 1. The van der Waals surface area contributed by atoms with Crippen LogP contribution in [0.1, 0.15) is 30.7 Å². The zero-order valence-corrected chi connectivity index (χ0v) is 20.5. The van der Waals surface area contributed by atoms with Crippen molar-refractivity contribution in [1.29, 1.82) is 0 Å². The highest BCUT2D eigenvalue weighted by Crippen LogP contribution is 2.33. The summed E-state index contributed by atoms with van der Waals surface area (Å²) in [6, 6.07) is 17.7. The van der Waals surface area contributed by atoms with Gasteiger partial charge in [0.2, 0.25) is 22.7 Å². The number of nitrogens with zero attached hydrogens (tertiary/aromatic N) is 2. The Balaban J connectivity index is 1.54. The quantitative estimate of drug-likeness (QED) is 0.417. The third kappa shape index (κ3) is 6.32. The predicted molar refractivity (Wildman–Crippen MR) is 132 cm³/mol. The third-order valence-corrected chi connectivity index (χ3v) is 7.20. The highest BCUT2D eigenvalue weighted by Gasteiger charge is 2.28. The Bertz CT molecular complexity index is 1270. The van der Waals surface area contributed by atoms with Gasteiger partial charge >= 0.3 is 0 Å². The number of amides is 1. The Kier molecular flexibility index (Phi) is 7.57. The molecule has 0 saturated heterocycles. The van der Waals surface area contributed by atoms with Gasteiger partial charge < -0.3 is 18.8 Å². The number of hydrogen-bond donors (Lipinski definition) is 0. The van der Waals surface area contributed by atoms with Crippen molar-refractivity contribution in [2.45, 2.75) is 33.0 Å². The van der Waals surface area contributed by atoms with E-state index in [4.69, 9.17) is 13.9 Å². The van der Waals surface area contributed by atoms with Crippen LogP contribution in [0.25, 0.3) is 6.08 Å². The van der Waals surface area contributed by atoms with Crippen LogP contribution in [-0.2, 0) is 27.9 Å². The second-order valence-corrected chi connectivity index (χ2v) is 10.2. The largest absolute Gasteiger partial charge is 0.467 e. The second-order valence-electron chi connectivity index (χ2n) is 8.41. The average Bonchev–Trinajstić information content (AvgIpc) is 3.53. The molecule has 4 rings (SSSR count). The molecule has 8 nitrogen and oxygen atoms in total. The minimum atomic E-state index is -3.85. The maximum Gasteiger partial charge on any atom is 0.238 e. The van der Waals surface area contributed by atoms with Crippen LogP contribution in [-0.4, -0.2) is 42.9 Å². The first-order valence-corrected chi connectivity index (χ1v) is 12.8. The van der Waals surface area contributed by atoms with Gasteiger partial charge in [-0.2, -0.15) is 4.31 Å². The molecule has 0 saturated carbocycles. The molecule has 0 fully saturated rings. The lowest BCUT2D eigenvalue weighted by Crippen LogP contribution is -2.44. The number of sulfonamides is 1. The van der Waals surface area contributed by atoms with E-state index >= 15 is 0 Å². The van der Waals surface area contributed by atoms with Crippen LogP contribution in [0.5, 0.6) is 11.5 Å². The zero-order chi connectivity index (χ0) is 24.8. The van der Waals surface area contributed by atoms with Crippen molar-refractivity contribution in [3.05, 3.63) is 89.2 Å². The number of hydrogen-bond acceptors (Lipinski definition) is 6. The molecule has 0 N–H and O–H groups in total. The summed E-state index contributed by atoms with van der Waals surface area (Å²) in [6.07, 6.45) is 3.07. The van der Waals surface area contributed by atoms with E-state index in [9.17, 15) is 13.2 Å². The molecule has 0 spiro atoms. The van der Waals surface area contributed by atoms with E-state index in [1.165, 1.54) is 16.6 Å². The maximum atomic E-state index is 13.4. The molecule has 0 bridgehead atoms. The third-order valence-electron chi connectivity index (χ3n) is 5.52. The fraction of sp³-hybridized carbons (Fsp3) is 0.269. The Morgan fingerprint density at radius 2 is 1.77 bits per heavy atom. The number of benzene rings is 2. The Labute approximate surface area is 205 Å². The molecule has 184 valence electrons. The van der Waals surface area contributed by atoms with Crippen molar-refractivity contribution in [2.75, 3.05) is 13.3 Å². The van der Waals surface area contributed by atoms with E-state index in [1.807, 2.05) is 42.5 Å². The monoisotopic (exact) mass is 496 g/mol. The number of ether oxygens (including phenoxy) is 2. The Hall–Kier alpha value is -3.56. The molecule has 0 unspecified atom stereocenters. The van der Waals surface area contributed by atoms with Crippen molar-refractivity contribution < 1.29 is 27.1 Å². The molecule has 1 aromatic heterocycles. The summed E-state index contributed by atoms with van der Waals surface area (Å²) >= 11 is 0. The number of rotatable bonds is 10. The van der Waals surface area contributed by atoms with Crippen LogP contribution >= 0.6 is 0 Å². The maximum absolute atomic E-state index is 13.4. The van der Waals surface area contributed by atoms with Crippen molar-refractivity contribution in [3.8, 4) is 11.5 Å². The van der Waals surface area contributed by atoms with Crippen molar-refractivity contribution in [2.24, 2.45) is 0 Å². The molecule has 3 aromatic rings. The SMILES string of the molecule is CC(C)N(CC(=O)N(Cc1ccc2c(c1)OCO2)Cc1ccco1)S(=O)(=O)/C=C/c1ccccc1. The van der Waals surface area contributed by atoms with E-state index < -0.39 is 16.1 Å². The van der Waals surface area contributed by atoms with Crippen LogP contribution in [0.2, 0.25) is 0 Å². The summed E-state index contributed by atoms with van der Waals surface area (Å²) in [4.78, 5) is 15.0. The molecule has 1 aliphatic heterocycles. The van der Waals surface area contributed by atoms with Crippen LogP contribution < -0.4 is 9.47 Å². The average molecular weight is 497 g/mol. The van der Waals surface area contributed by atoms with E-state index in [1.54, 1.807) is 36.9 Å². The van der Waals surface area contributed by atoms with Gasteiger partial charge in [0.05, 0.1) is 19.4 Å². The molecule has 1 amide bonds. The molecule has 0 aliphatic carbocycles. The Morgan fingerprint density at radius 3 is 2.49 bits per heavy atom. The summed E-state index contributed by atoms with van der Waals surface area (Å²) in [6.45, 7) is 3.80. The van der Waals surface area contributed by atoms with Crippen molar-refractivity contribution in [3.63, 3.8) is 0 Å². The lowest BCUT2D eigenvalue weighted by molar-refractivity contribution is -0.133. The van der Waals surface area contributed by atoms with E-state index in [-0.39, 0.29) is 32.3 Å². The normalized spacial score (nSPS) is 13.1. The van der Waals surface area contributed by atoms with Gasteiger partial charge in [-0.3, -0.25) is 4.79 Å². The van der Waals surface area contributed by atoms with Gasteiger partial charge in [0.1, 0.15) is 5.76 Å². The van der Waals surface area contributed by atoms with Gasteiger partial charge in [-0.05, 0) is 55.3 Å². The minimum absolute atomic E-state index is 0.158. The van der Waals surface area contributed by atoms with E-state index in [0.29, 0.717) is 17.3 Å². The molecular formula is C26H28N2O6S. The summed E-state index contributed by atoms with van der Waals surface area (Å²) in [7, 11) is -3.85. The molecule has 2 aromatic carbocycles. The number of carbonyl (C=O) groups excluding carboxylic acids is 1. The smallest absolute Gasteiger partial charge is 0.238 e. The van der Waals surface area contributed by atoms with Gasteiger partial charge in [0.25, 0.3) is 0 Å². The van der Waals surface area contributed by atoms with Crippen molar-refractivity contribution in [1.82, 2.24) is 9.21 Å². The summed E-state index contributed by atoms with van der Waals surface area (Å²) in [5, 5.41) is 1.14. The number of fused-ring (bicyclic) bond motifs is 1. The van der Waals surface area contributed by atoms with Crippen LogP contribution in [0, 0.1) is 0 Å². The fourth-order valence-corrected chi connectivity index (χ4v) is 5.05. The first-order valence-electron chi connectivity index (χ1n) is 11.3. The lowest BCUT2D eigenvalue weighted by atomic mass is 10.2. The number of furan rings is 1. The topological polar surface area (TPSA) is 89.3 Å². The molecule has 0 atom stereocenters. The molecule has 9 heteroatoms. The summed E-state index contributed by atoms with van der Waals surface area (Å²) in [5.74, 6) is 1.52. The van der Waals surface area contributed by atoms with Crippen LogP contribution in [0.4, 0.5) is 0 Å². The molecule has 2 heterocycles. The second kappa shape index (κ2) is 10.8. The van der Waals surface area contributed by atoms with Gasteiger partial charge in [0, 0.05) is 18.0 Å². The first kappa shape index (κ1) is 24.6. The van der Waals surface area contributed by atoms with Gasteiger partial charge in [-0.1, -0.05) is 36.4 Å². The first-order chi connectivity index (χ1) is 16.8. The van der Waals surface area contributed by atoms with E-state index in [2.05, 4.69) is 0 Å². The highest BCUT2D eigenvalue weighted by atomic mass is 32.2. The predicted octanol–water partition coefficient (Wildman–Crippen LogP) is 4.25. The molecule has 0 radical (unpaired) electrons. The van der Waals surface area contributed by atoms with Gasteiger partial charge in [-0.15, -0.1) is 0 Å². The van der Waals surface area contributed by atoms with Gasteiger partial charge in [-0.25, -0.2) is 8.42 Å². The molecular weight excluding hydrogens is 468 g/mol. The fourth-order valence-electron chi connectivity index (χ4n) is 3.69. The van der Waals surface area contributed by atoms with Gasteiger partial charge in [0.15, 0.2) is 11.5 Å². The molecule has 1 aliphatic rings. The van der Waals surface area contributed by atoms with E-state index in [0.717, 1.165) is 16.5 Å². The standard InChI is InChI=1S/C26H28N2O6S/c1-20(2)28(35(30,31)14-12-21-7-4-3-5-8-21)18-26(29)27(17-23-9-6-13-32-23)16-22-10-11-24-25(15-22)34-19-33-24/h3-15,20H,16-19H2,1-2H3/b14-12+.